The number of nitrogens with zero attached hydrogens (tertiary/aromatic N) is 2. The van der Waals surface area contributed by atoms with Gasteiger partial charge < -0.3 is 5.32 Å². The Bertz CT molecular complexity index is 415. The number of hydrogen-bond donors (Lipinski definition) is 1. The van der Waals surface area contributed by atoms with Gasteiger partial charge in [0.05, 0.1) is 0 Å². The molecule has 1 N–H and O–H groups in total. The van der Waals surface area contributed by atoms with Gasteiger partial charge in [-0.3, -0.25) is 4.57 Å². The molecule has 4 nitrogen and oxygen atoms in total. The molecule has 0 amide bonds. The first kappa shape index (κ1) is 9.52. The Morgan fingerprint density at radius 2 is 2.36 bits per heavy atom. The van der Waals surface area contributed by atoms with E-state index in [1.807, 2.05) is 0 Å². The molecule has 2 unspecified atom stereocenters. The maximum atomic E-state index is 11.5. The molecule has 5 heteroatoms. The number of aromatic nitrogens is 2. The topological polar surface area (TPSA) is 46.9 Å². The zero-order valence-corrected chi connectivity index (χ0v) is 8.88. The highest BCUT2D eigenvalue weighted by Gasteiger charge is 2.22. The highest BCUT2D eigenvalue weighted by Crippen LogP contribution is 2.21. The van der Waals surface area contributed by atoms with E-state index in [0.717, 1.165) is 5.82 Å². The van der Waals surface area contributed by atoms with Gasteiger partial charge in [0.2, 0.25) is 0 Å². The zero-order chi connectivity index (χ0) is 10.3. The quantitative estimate of drug-likeness (QED) is 0.662. The third kappa shape index (κ3) is 1.50. The van der Waals surface area contributed by atoms with Crippen LogP contribution in [0.3, 0.4) is 0 Å². The van der Waals surface area contributed by atoms with E-state index >= 15 is 0 Å². The van der Waals surface area contributed by atoms with Gasteiger partial charge in [-0.15, -0.1) is 0 Å². The molecule has 0 bridgehead atoms. The van der Waals surface area contributed by atoms with E-state index in [1.54, 1.807) is 10.6 Å². The molecule has 0 saturated heterocycles. The number of hydrogen-bond acceptors (Lipinski definition) is 3. The predicted octanol–water partition coefficient (Wildman–Crippen LogP) is 1.35. The molecular formula is C9H12ClN3O. The summed E-state index contributed by atoms with van der Waals surface area (Å²) in [4.78, 5) is 15.1. The molecule has 0 spiro atoms. The Morgan fingerprint density at radius 1 is 1.64 bits per heavy atom. The number of anilines is 1. The van der Waals surface area contributed by atoms with Gasteiger partial charge in [-0.25, -0.2) is 4.79 Å². The lowest BCUT2D eigenvalue weighted by Gasteiger charge is -2.30. The average Bonchev–Trinajstić information content (AvgIpc) is 2.08. The van der Waals surface area contributed by atoms with Crippen LogP contribution in [0.5, 0.6) is 0 Å². The van der Waals surface area contributed by atoms with E-state index in [2.05, 4.69) is 24.1 Å². The van der Waals surface area contributed by atoms with Crippen molar-refractivity contribution in [3.8, 4) is 0 Å². The summed E-state index contributed by atoms with van der Waals surface area (Å²) in [7, 11) is 0. The molecule has 0 aromatic carbocycles. The van der Waals surface area contributed by atoms with Crippen molar-refractivity contribution in [1.82, 2.24) is 9.55 Å². The molecule has 1 aliphatic rings. The summed E-state index contributed by atoms with van der Waals surface area (Å²) in [6.07, 6.45) is 0. The highest BCUT2D eigenvalue weighted by atomic mass is 35.5. The van der Waals surface area contributed by atoms with Crippen molar-refractivity contribution in [2.75, 3.05) is 5.32 Å². The van der Waals surface area contributed by atoms with Gasteiger partial charge in [0, 0.05) is 18.7 Å². The third-order valence-electron chi connectivity index (χ3n) is 2.68. The normalized spacial score (nSPS) is 25.4. The molecule has 1 aromatic rings. The second-order valence-corrected chi connectivity index (χ2v) is 4.15. The summed E-state index contributed by atoms with van der Waals surface area (Å²) in [5.41, 5.74) is -0.279. The van der Waals surface area contributed by atoms with Gasteiger partial charge in [0.15, 0.2) is 0 Å². The largest absolute Gasteiger partial charge is 0.368 e. The first-order valence-corrected chi connectivity index (χ1v) is 4.99. The lowest BCUT2D eigenvalue weighted by Crippen LogP contribution is -2.39. The van der Waals surface area contributed by atoms with Crippen molar-refractivity contribution in [3.63, 3.8) is 0 Å². The molecular weight excluding hydrogens is 202 g/mol. The van der Waals surface area contributed by atoms with Gasteiger partial charge >= 0.3 is 5.69 Å². The van der Waals surface area contributed by atoms with Crippen LogP contribution in [-0.4, -0.2) is 15.6 Å². The Hall–Kier alpha value is -1.03. The number of fused-ring (bicyclic) bond motifs is 1. The van der Waals surface area contributed by atoms with Crippen molar-refractivity contribution in [3.05, 3.63) is 21.7 Å². The van der Waals surface area contributed by atoms with Gasteiger partial charge in [0.1, 0.15) is 11.0 Å². The van der Waals surface area contributed by atoms with Crippen molar-refractivity contribution < 1.29 is 0 Å². The fourth-order valence-corrected chi connectivity index (χ4v) is 1.77. The van der Waals surface area contributed by atoms with E-state index in [0.29, 0.717) is 18.5 Å². The van der Waals surface area contributed by atoms with Gasteiger partial charge in [-0.2, -0.15) is 4.98 Å². The minimum Gasteiger partial charge on any atom is -0.368 e. The maximum absolute atomic E-state index is 11.5. The fourth-order valence-electron chi connectivity index (χ4n) is 1.60. The molecule has 0 saturated carbocycles. The molecule has 1 aliphatic heterocycles. The lowest BCUT2D eigenvalue weighted by atomic mass is 10.0. The van der Waals surface area contributed by atoms with Crippen molar-refractivity contribution in [1.29, 1.82) is 0 Å². The predicted molar refractivity (Wildman–Crippen MR) is 55.8 cm³/mol. The smallest absolute Gasteiger partial charge is 0.350 e. The molecule has 0 fully saturated rings. The second kappa shape index (κ2) is 3.28. The molecule has 76 valence electrons. The van der Waals surface area contributed by atoms with Crippen LogP contribution in [0.15, 0.2) is 10.9 Å². The summed E-state index contributed by atoms with van der Waals surface area (Å²) in [5, 5.41) is 3.48. The minimum absolute atomic E-state index is 0.246. The van der Waals surface area contributed by atoms with Crippen LogP contribution >= 0.6 is 11.6 Å². The summed E-state index contributed by atoms with van der Waals surface area (Å²) < 4.78 is 1.62. The van der Waals surface area contributed by atoms with Crippen molar-refractivity contribution >= 4 is 17.4 Å². The average molecular weight is 214 g/mol. The van der Waals surface area contributed by atoms with Gasteiger partial charge in [-0.1, -0.05) is 18.5 Å². The summed E-state index contributed by atoms with van der Waals surface area (Å²) in [6, 6.07) is 2.04. The van der Waals surface area contributed by atoms with Gasteiger partial charge in [0.25, 0.3) is 0 Å². The van der Waals surface area contributed by atoms with E-state index in [1.165, 1.54) is 0 Å². The summed E-state index contributed by atoms with van der Waals surface area (Å²) in [6.45, 7) is 4.89. The molecule has 0 aliphatic carbocycles. The Balaban J connectivity index is 2.52. The molecule has 0 radical (unpaired) electrons. The molecule has 14 heavy (non-hydrogen) atoms. The van der Waals surface area contributed by atoms with Crippen LogP contribution in [-0.2, 0) is 6.54 Å². The van der Waals surface area contributed by atoms with Gasteiger partial charge in [-0.05, 0) is 12.8 Å². The van der Waals surface area contributed by atoms with Crippen LogP contribution in [0.1, 0.15) is 13.8 Å². The van der Waals surface area contributed by atoms with Crippen molar-refractivity contribution in [2.45, 2.75) is 26.4 Å². The first-order valence-electron chi connectivity index (χ1n) is 4.62. The monoisotopic (exact) mass is 213 g/mol. The molecule has 2 heterocycles. The van der Waals surface area contributed by atoms with Crippen LogP contribution in [0.2, 0.25) is 5.15 Å². The first-order chi connectivity index (χ1) is 6.58. The standard InChI is InChI=1S/C9H12ClN3O/c1-5-4-13-8(11-6(5)2)3-7(10)12-9(13)14/h3,5-6,11H,4H2,1-2H3. The summed E-state index contributed by atoms with van der Waals surface area (Å²) in [5.74, 6) is 1.18. The van der Waals surface area contributed by atoms with E-state index < -0.39 is 0 Å². The van der Waals surface area contributed by atoms with Crippen LogP contribution in [0.25, 0.3) is 0 Å². The Morgan fingerprint density at radius 3 is 3.07 bits per heavy atom. The Kier molecular flexibility index (Phi) is 2.23. The Labute approximate surface area is 86.9 Å². The van der Waals surface area contributed by atoms with E-state index in [4.69, 9.17) is 11.6 Å². The third-order valence-corrected chi connectivity index (χ3v) is 2.87. The van der Waals surface area contributed by atoms with Crippen LogP contribution in [0, 0.1) is 5.92 Å². The maximum Gasteiger partial charge on any atom is 0.350 e. The SMILES string of the molecule is CC1Cn2c(cc(Cl)nc2=O)NC1C. The van der Waals surface area contributed by atoms with E-state index in [-0.39, 0.29) is 10.8 Å². The number of nitrogens with one attached hydrogen (secondary N) is 1. The summed E-state index contributed by atoms with van der Waals surface area (Å²) >= 11 is 5.70. The zero-order valence-electron chi connectivity index (χ0n) is 8.12. The van der Waals surface area contributed by atoms with Crippen molar-refractivity contribution in [2.24, 2.45) is 5.92 Å². The molecule has 1 aromatic heterocycles. The molecule has 2 rings (SSSR count). The minimum atomic E-state index is -0.279. The fraction of sp³-hybridized carbons (Fsp3) is 0.556. The lowest BCUT2D eigenvalue weighted by molar-refractivity contribution is 0.396. The van der Waals surface area contributed by atoms with E-state index in [9.17, 15) is 4.79 Å². The van der Waals surface area contributed by atoms with Crippen LogP contribution < -0.4 is 11.0 Å². The molecule has 2 atom stereocenters. The second-order valence-electron chi connectivity index (χ2n) is 3.77. The number of halogens is 1. The number of rotatable bonds is 0. The van der Waals surface area contributed by atoms with Crippen LogP contribution in [0.4, 0.5) is 5.82 Å². The highest BCUT2D eigenvalue weighted by molar-refractivity contribution is 6.29.